The van der Waals surface area contributed by atoms with Crippen molar-refractivity contribution in [2.75, 3.05) is 37.0 Å². The van der Waals surface area contributed by atoms with E-state index >= 15 is 0 Å². The number of morpholine rings is 1. The van der Waals surface area contributed by atoms with E-state index in [0.29, 0.717) is 31.0 Å². The van der Waals surface area contributed by atoms with Gasteiger partial charge in [0.05, 0.1) is 19.3 Å². The number of anilines is 1. The molecule has 0 spiro atoms. The van der Waals surface area contributed by atoms with Gasteiger partial charge in [-0.05, 0) is 24.1 Å². The third-order valence-corrected chi connectivity index (χ3v) is 4.52. The Balaban J connectivity index is 1.96. The number of carbonyl (C=O) groups excluding carboxylic acids is 1. The third-order valence-electron chi connectivity index (χ3n) is 3.67. The number of benzene rings is 1. The minimum Gasteiger partial charge on any atom is -0.390 e. The van der Waals surface area contributed by atoms with Crippen molar-refractivity contribution >= 4 is 22.6 Å². The molecule has 2 rings (SSSR count). The second-order valence-corrected chi connectivity index (χ2v) is 6.61. The Bertz CT molecular complexity index is 491. The average Bonchev–Trinajstić information content (AvgIpc) is 2.54. The van der Waals surface area contributed by atoms with Crippen LogP contribution < -0.4 is 4.90 Å². The number of thioether (sulfide) groups is 1. The van der Waals surface area contributed by atoms with Crippen LogP contribution in [0.3, 0.4) is 0 Å². The number of hydrogen-bond acceptors (Lipinski definition) is 6. The summed E-state index contributed by atoms with van der Waals surface area (Å²) in [5.74, 6) is 0.511. The first-order valence-corrected chi connectivity index (χ1v) is 8.48. The molecule has 1 heterocycles. The maximum Gasteiger partial charge on any atom is 0.185 e. The average molecular weight is 325 g/mol. The van der Waals surface area contributed by atoms with Gasteiger partial charge in [-0.15, -0.1) is 0 Å². The molecule has 1 aliphatic heterocycles. The first-order valence-electron chi connectivity index (χ1n) is 7.50. The molecule has 2 N–H and O–H groups in total. The lowest BCUT2D eigenvalue weighted by atomic mass is 10.0. The molecule has 0 bridgehead atoms. The number of aliphatic hydroxyl groups is 2. The molecule has 6 heteroatoms. The van der Waals surface area contributed by atoms with E-state index in [1.807, 2.05) is 24.3 Å². The molecular weight excluding hydrogens is 302 g/mol. The van der Waals surface area contributed by atoms with Crippen molar-refractivity contribution in [2.45, 2.75) is 25.6 Å². The maximum atomic E-state index is 10.9. The van der Waals surface area contributed by atoms with E-state index in [0.717, 1.165) is 18.8 Å². The summed E-state index contributed by atoms with van der Waals surface area (Å²) < 4.78 is 5.34. The van der Waals surface area contributed by atoms with Crippen LogP contribution in [0.1, 0.15) is 25.0 Å². The molecule has 0 radical (unpaired) electrons. The quantitative estimate of drug-likeness (QED) is 0.828. The predicted octanol–water partition coefficient (Wildman–Crippen LogP) is 1.59. The number of carbonyl (C=O) groups is 1. The van der Waals surface area contributed by atoms with Crippen molar-refractivity contribution in [1.29, 1.82) is 0 Å². The topological polar surface area (TPSA) is 70.0 Å². The maximum absolute atomic E-state index is 10.9. The fraction of sp³-hybridized carbons (Fsp3) is 0.562. The molecule has 22 heavy (non-hydrogen) atoms. The molecule has 0 saturated carbocycles. The zero-order valence-corrected chi connectivity index (χ0v) is 13.6. The second-order valence-electron chi connectivity index (χ2n) is 5.34. The van der Waals surface area contributed by atoms with Gasteiger partial charge < -0.3 is 19.8 Å². The summed E-state index contributed by atoms with van der Waals surface area (Å²) in [7, 11) is 0. The lowest BCUT2D eigenvalue weighted by Crippen LogP contribution is -2.36. The zero-order chi connectivity index (χ0) is 15.9. The summed E-state index contributed by atoms with van der Waals surface area (Å²) in [5, 5.41) is 20.4. The molecule has 1 aromatic rings. The molecule has 5 nitrogen and oxygen atoms in total. The van der Waals surface area contributed by atoms with Crippen LogP contribution in [0.15, 0.2) is 24.3 Å². The van der Waals surface area contributed by atoms with Crippen molar-refractivity contribution in [2.24, 2.45) is 0 Å². The molecule has 1 saturated heterocycles. The number of rotatable bonds is 6. The van der Waals surface area contributed by atoms with Gasteiger partial charge in [-0.1, -0.05) is 23.9 Å². The van der Waals surface area contributed by atoms with Gasteiger partial charge in [0.1, 0.15) is 6.10 Å². The first-order chi connectivity index (χ1) is 10.6. The molecule has 0 amide bonds. The highest BCUT2D eigenvalue weighted by atomic mass is 32.2. The van der Waals surface area contributed by atoms with E-state index < -0.39 is 12.2 Å². The number of hydrogen-bond donors (Lipinski definition) is 2. The molecule has 0 aliphatic carbocycles. The van der Waals surface area contributed by atoms with Gasteiger partial charge >= 0.3 is 0 Å². The molecule has 1 aliphatic rings. The van der Waals surface area contributed by atoms with E-state index in [4.69, 9.17) is 4.74 Å². The Morgan fingerprint density at radius 1 is 1.36 bits per heavy atom. The second kappa shape index (κ2) is 8.53. The summed E-state index contributed by atoms with van der Waals surface area (Å²) in [6, 6.07) is 7.62. The molecule has 1 fully saturated rings. The van der Waals surface area contributed by atoms with Gasteiger partial charge in [0, 0.05) is 31.5 Å². The molecule has 2 atom stereocenters. The number of ether oxygens (including phenoxy) is 1. The van der Waals surface area contributed by atoms with Crippen LogP contribution in [0.2, 0.25) is 0 Å². The van der Waals surface area contributed by atoms with E-state index in [9.17, 15) is 15.0 Å². The van der Waals surface area contributed by atoms with E-state index in [2.05, 4.69) is 4.90 Å². The van der Waals surface area contributed by atoms with Gasteiger partial charge in [-0.2, -0.15) is 0 Å². The largest absolute Gasteiger partial charge is 0.390 e. The summed E-state index contributed by atoms with van der Waals surface area (Å²) in [6.45, 7) is 4.57. The highest BCUT2D eigenvalue weighted by Crippen LogP contribution is 2.25. The number of aliphatic hydroxyl groups excluding tert-OH is 2. The van der Waals surface area contributed by atoms with Crippen molar-refractivity contribution in [3.05, 3.63) is 29.8 Å². The van der Waals surface area contributed by atoms with Gasteiger partial charge in [0.25, 0.3) is 0 Å². The Morgan fingerprint density at radius 3 is 2.77 bits per heavy atom. The number of nitrogens with zero attached hydrogens (tertiary/aromatic N) is 1. The Hall–Kier alpha value is -1.08. The van der Waals surface area contributed by atoms with E-state index in [1.165, 1.54) is 18.7 Å². The standard InChI is InChI=1S/C16H23NO4S/c1-12(18)22-10-5-15(19)16(20)13-3-2-4-14(11-13)17-6-8-21-9-7-17/h2-4,11,15-16,19-20H,5-10H2,1H3. The van der Waals surface area contributed by atoms with Crippen LogP contribution in [0.25, 0.3) is 0 Å². The van der Waals surface area contributed by atoms with Crippen LogP contribution >= 0.6 is 11.8 Å². The Morgan fingerprint density at radius 2 is 2.09 bits per heavy atom. The lowest BCUT2D eigenvalue weighted by molar-refractivity contribution is -0.109. The SMILES string of the molecule is CC(=O)SCCC(O)C(O)c1cccc(N2CCOCC2)c1. The highest BCUT2D eigenvalue weighted by Gasteiger charge is 2.20. The molecule has 1 aromatic carbocycles. The lowest BCUT2D eigenvalue weighted by Gasteiger charge is -2.29. The predicted molar refractivity (Wildman–Crippen MR) is 88.2 cm³/mol. The minimum atomic E-state index is -0.937. The van der Waals surface area contributed by atoms with Gasteiger partial charge in [-0.25, -0.2) is 0 Å². The smallest absolute Gasteiger partial charge is 0.185 e. The van der Waals surface area contributed by atoms with Crippen molar-refractivity contribution in [3.63, 3.8) is 0 Å². The molecule has 122 valence electrons. The monoisotopic (exact) mass is 325 g/mol. The Kier molecular flexibility index (Phi) is 6.70. The summed E-state index contributed by atoms with van der Waals surface area (Å²) >= 11 is 1.17. The summed E-state index contributed by atoms with van der Waals surface area (Å²) in [4.78, 5) is 13.1. The van der Waals surface area contributed by atoms with E-state index in [1.54, 1.807) is 0 Å². The van der Waals surface area contributed by atoms with Crippen LogP contribution in [0.4, 0.5) is 5.69 Å². The first kappa shape index (κ1) is 17.3. The normalized spacial score (nSPS) is 18.0. The highest BCUT2D eigenvalue weighted by molar-refractivity contribution is 8.13. The van der Waals surface area contributed by atoms with Crippen LogP contribution in [0.5, 0.6) is 0 Å². The summed E-state index contributed by atoms with van der Waals surface area (Å²) in [6.07, 6.45) is -1.42. The van der Waals surface area contributed by atoms with Crippen molar-refractivity contribution in [1.82, 2.24) is 0 Å². The Labute approximate surface area is 135 Å². The van der Waals surface area contributed by atoms with Crippen LogP contribution in [0, 0.1) is 0 Å². The fourth-order valence-corrected chi connectivity index (χ4v) is 3.08. The van der Waals surface area contributed by atoms with Gasteiger partial charge in [0.15, 0.2) is 5.12 Å². The molecular formula is C16H23NO4S. The van der Waals surface area contributed by atoms with Gasteiger partial charge in [-0.3, -0.25) is 4.79 Å². The van der Waals surface area contributed by atoms with Crippen LogP contribution in [-0.2, 0) is 9.53 Å². The molecule has 2 unspecified atom stereocenters. The van der Waals surface area contributed by atoms with Gasteiger partial charge in [0.2, 0.25) is 0 Å². The summed E-state index contributed by atoms with van der Waals surface area (Å²) in [5.41, 5.74) is 1.73. The van der Waals surface area contributed by atoms with Crippen LogP contribution in [-0.4, -0.2) is 53.5 Å². The van der Waals surface area contributed by atoms with E-state index in [-0.39, 0.29) is 5.12 Å². The van der Waals surface area contributed by atoms with Crippen molar-refractivity contribution in [3.8, 4) is 0 Å². The fourth-order valence-electron chi connectivity index (χ4n) is 2.43. The zero-order valence-electron chi connectivity index (χ0n) is 12.8. The third kappa shape index (κ3) is 4.98. The minimum absolute atomic E-state index is 0.0241. The van der Waals surface area contributed by atoms with Crippen molar-refractivity contribution < 1.29 is 19.7 Å². The molecule has 0 aromatic heterocycles.